The van der Waals surface area contributed by atoms with E-state index in [1.165, 1.54) is 11.1 Å². The predicted octanol–water partition coefficient (Wildman–Crippen LogP) is 2.87. The van der Waals surface area contributed by atoms with Crippen LogP contribution < -0.4 is 10.7 Å². The van der Waals surface area contributed by atoms with E-state index in [4.69, 9.17) is 0 Å². The van der Waals surface area contributed by atoms with Crippen molar-refractivity contribution in [3.63, 3.8) is 0 Å². The van der Waals surface area contributed by atoms with Crippen molar-refractivity contribution >= 4 is 18.0 Å². The third kappa shape index (κ3) is 4.81. The molecular weight excluding hydrogens is 378 g/mol. The monoisotopic (exact) mass is 403 g/mol. The predicted molar refractivity (Wildman–Crippen MR) is 117 cm³/mol. The quantitative estimate of drug-likeness (QED) is 0.390. The van der Waals surface area contributed by atoms with Crippen LogP contribution in [0.2, 0.25) is 0 Å². The number of carbonyl (C=O) groups is 2. The van der Waals surface area contributed by atoms with E-state index in [1.807, 2.05) is 19.9 Å². The molecule has 2 aromatic heterocycles. The number of nitrogens with zero attached hydrogens (tertiary/aromatic N) is 3. The summed E-state index contributed by atoms with van der Waals surface area (Å²) in [6.07, 6.45) is 4.80. The Hall–Kier alpha value is -3.74. The Kier molecular flexibility index (Phi) is 6.41. The molecule has 0 radical (unpaired) electrons. The summed E-state index contributed by atoms with van der Waals surface area (Å²) in [4.78, 5) is 27.8. The molecule has 2 amide bonds. The molecule has 0 unspecified atom stereocenters. The smallest absolute Gasteiger partial charge is 0.329 e. The largest absolute Gasteiger partial charge is 0.344 e. The van der Waals surface area contributed by atoms with Crippen LogP contribution in [0.25, 0.3) is 5.69 Å². The Morgan fingerprint density at radius 1 is 1.00 bits per heavy atom. The number of aryl methyl sites for hydroxylation is 3. The van der Waals surface area contributed by atoms with Crippen molar-refractivity contribution in [2.45, 2.75) is 34.2 Å². The molecule has 0 atom stereocenters. The molecule has 30 heavy (non-hydrogen) atoms. The first-order chi connectivity index (χ1) is 14.4. The summed E-state index contributed by atoms with van der Waals surface area (Å²) in [5, 5.41) is 6.50. The minimum Gasteiger partial charge on any atom is -0.344 e. The van der Waals surface area contributed by atoms with Crippen molar-refractivity contribution in [3.05, 3.63) is 82.4 Å². The van der Waals surface area contributed by atoms with Crippen LogP contribution in [0.3, 0.4) is 0 Å². The number of carbonyl (C=O) groups excluding carboxylic acids is 2. The van der Waals surface area contributed by atoms with Gasteiger partial charge in [0.25, 0.3) is 0 Å². The molecule has 2 N–H and O–H groups in total. The second-order valence-electron chi connectivity index (χ2n) is 7.17. The number of rotatable bonds is 5. The maximum atomic E-state index is 11.9. The van der Waals surface area contributed by atoms with Gasteiger partial charge in [-0.05, 0) is 74.7 Å². The number of amides is 2. The lowest BCUT2D eigenvalue weighted by atomic mass is 10.1. The van der Waals surface area contributed by atoms with Crippen LogP contribution in [0, 0.1) is 27.7 Å². The number of benzene rings is 1. The van der Waals surface area contributed by atoms with Crippen LogP contribution >= 0.6 is 0 Å². The summed E-state index contributed by atoms with van der Waals surface area (Å²) in [5.41, 5.74) is 9.59. The minimum atomic E-state index is -0.816. The maximum Gasteiger partial charge on any atom is 0.329 e. The second kappa shape index (κ2) is 9.17. The van der Waals surface area contributed by atoms with E-state index in [-0.39, 0.29) is 6.54 Å². The van der Waals surface area contributed by atoms with Crippen LogP contribution in [0.1, 0.15) is 33.6 Å². The Balaban J connectivity index is 1.64. The zero-order chi connectivity index (χ0) is 21.7. The average molecular weight is 403 g/mol. The topological polar surface area (TPSA) is 88.4 Å². The first-order valence-electron chi connectivity index (χ1n) is 9.63. The molecule has 0 aliphatic heterocycles. The molecule has 2 heterocycles. The van der Waals surface area contributed by atoms with Crippen molar-refractivity contribution in [3.8, 4) is 5.69 Å². The van der Waals surface area contributed by atoms with Gasteiger partial charge in [-0.15, -0.1) is 0 Å². The Morgan fingerprint density at radius 3 is 2.43 bits per heavy atom. The zero-order valence-electron chi connectivity index (χ0n) is 17.6. The highest BCUT2D eigenvalue weighted by molar-refractivity contribution is 6.35. The maximum absolute atomic E-state index is 11.9. The van der Waals surface area contributed by atoms with Gasteiger partial charge in [-0.1, -0.05) is 6.07 Å². The summed E-state index contributed by atoms with van der Waals surface area (Å²) in [6.45, 7) is 8.43. The molecule has 7 heteroatoms. The lowest BCUT2D eigenvalue weighted by molar-refractivity contribution is -0.139. The van der Waals surface area contributed by atoms with E-state index < -0.39 is 11.8 Å². The highest BCUT2D eigenvalue weighted by Crippen LogP contribution is 2.21. The van der Waals surface area contributed by atoms with Gasteiger partial charge in [0.2, 0.25) is 0 Å². The van der Waals surface area contributed by atoms with Gasteiger partial charge in [-0.3, -0.25) is 14.6 Å². The van der Waals surface area contributed by atoms with Crippen molar-refractivity contribution < 1.29 is 9.59 Å². The van der Waals surface area contributed by atoms with E-state index in [0.717, 1.165) is 28.2 Å². The Bertz CT molecular complexity index is 1100. The third-order valence-corrected chi connectivity index (χ3v) is 5.00. The first kappa shape index (κ1) is 21.0. The number of nitrogens with one attached hydrogen (secondary N) is 2. The highest BCUT2D eigenvalue weighted by atomic mass is 16.2. The van der Waals surface area contributed by atoms with Gasteiger partial charge < -0.3 is 9.88 Å². The second-order valence-corrected chi connectivity index (χ2v) is 7.17. The molecular formula is C23H25N5O2. The van der Waals surface area contributed by atoms with Gasteiger partial charge >= 0.3 is 11.8 Å². The molecule has 0 saturated carbocycles. The molecule has 1 aromatic carbocycles. The highest BCUT2D eigenvalue weighted by Gasteiger charge is 2.13. The van der Waals surface area contributed by atoms with Crippen LogP contribution in [0.5, 0.6) is 0 Å². The number of hydrogen-bond acceptors (Lipinski definition) is 4. The van der Waals surface area contributed by atoms with Gasteiger partial charge in [0.15, 0.2) is 0 Å². The van der Waals surface area contributed by atoms with E-state index in [0.29, 0.717) is 0 Å². The molecule has 7 nitrogen and oxygen atoms in total. The SMILES string of the molecule is Cc1ccc(-n2c(C)cc(C=NNC(=O)C(=O)NCc3ccncc3)c2C)cc1C. The van der Waals surface area contributed by atoms with Crippen LogP contribution in [-0.2, 0) is 16.1 Å². The lowest BCUT2D eigenvalue weighted by Gasteiger charge is -2.11. The van der Waals surface area contributed by atoms with E-state index >= 15 is 0 Å². The number of hydrazone groups is 1. The molecule has 3 rings (SSSR count). The van der Waals surface area contributed by atoms with Crippen LogP contribution in [-0.4, -0.2) is 27.6 Å². The van der Waals surface area contributed by atoms with Gasteiger partial charge in [-0.2, -0.15) is 5.10 Å². The fourth-order valence-electron chi connectivity index (χ4n) is 3.15. The van der Waals surface area contributed by atoms with Crippen molar-refractivity contribution in [1.82, 2.24) is 20.3 Å². The third-order valence-electron chi connectivity index (χ3n) is 5.00. The number of aromatic nitrogens is 2. The fourth-order valence-corrected chi connectivity index (χ4v) is 3.15. The summed E-state index contributed by atoms with van der Waals surface area (Å²) in [7, 11) is 0. The van der Waals surface area contributed by atoms with E-state index in [9.17, 15) is 9.59 Å². The zero-order valence-corrected chi connectivity index (χ0v) is 17.6. The van der Waals surface area contributed by atoms with Crippen molar-refractivity contribution in [1.29, 1.82) is 0 Å². The Morgan fingerprint density at radius 2 is 1.73 bits per heavy atom. The standard InChI is InChI=1S/C23H25N5O2/c1-15-5-6-21(11-16(15)2)28-17(3)12-20(18(28)4)14-26-27-23(30)22(29)25-13-19-7-9-24-10-8-19/h5-12,14H,13H2,1-4H3,(H,25,29)(H,27,30). The average Bonchev–Trinajstić information content (AvgIpc) is 3.02. The summed E-state index contributed by atoms with van der Waals surface area (Å²) < 4.78 is 2.14. The summed E-state index contributed by atoms with van der Waals surface area (Å²) in [5.74, 6) is -1.56. The van der Waals surface area contributed by atoms with Gasteiger partial charge in [0.1, 0.15) is 0 Å². The van der Waals surface area contributed by atoms with Gasteiger partial charge in [0.05, 0.1) is 6.21 Å². The first-order valence-corrected chi connectivity index (χ1v) is 9.63. The normalized spacial score (nSPS) is 10.9. The Labute approximate surface area is 175 Å². The minimum absolute atomic E-state index is 0.246. The van der Waals surface area contributed by atoms with Crippen molar-refractivity contribution in [2.75, 3.05) is 0 Å². The molecule has 0 fully saturated rings. The summed E-state index contributed by atoms with van der Waals surface area (Å²) >= 11 is 0. The van der Waals surface area contributed by atoms with Gasteiger partial charge in [-0.25, -0.2) is 5.43 Å². The summed E-state index contributed by atoms with van der Waals surface area (Å²) in [6, 6.07) is 11.8. The fraction of sp³-hybridized carbons (Fsp3) is 0.217. The van der Waals surface area contributed by atoms with E-state index in [2.05, 4.69) is 57.4 Å². The molecule has 3 aromatic rings. The van der Waals surface area contributed by atoms with E-state index in [1.54, 1.807) is 30.7 Å². The molecule has 0 bridgehead atoms. The van der Waals surface area contributed by atoms with Gasteiger partial charge in [0, 0.05) is 41.6 Å². The lowest BCUT2D eigenvalue weighted by Crippen LogP contribution is -2.37. The van der Waals surface area contributed by atoms with Crippen molar-refractivity contribution in [2.24, 2.45) is 5.10 Å². The molecule has 0 aliphatic carbocycles. The molecule has 0 saturated heterocycles. The van der Waals surface area contributed by atoms with Crippen LogP contribution in [0.4, 0.5) is 0 Å². The molecule has 0 aliphatic rings. The molecule has 0 spiro atoms. The number of hydrogen-bond donors (Lipinski definition) is 2. The van der Waals surface area contributed by atoms with Crippen LogP contribution in [0.15, 0.2) is 53.9 Å². The molecule has 154 valence electrons. The number of pyridine rings is 1.